The highest BCUT2D eigenvalue weighted by atomic mass is 35.5. The lowest BCUT2D eigenvalue weighted by Crippen LogP contribution is -2.36. The van der Waals surface area contributed by atoms with E-state index in [0.717, 1.165) is 13.1 Å². The van der Waals surface area contributed by atoms with Crippen LogP contribution in [-0.4, -0.2) is 50.7 Å². The van der Waals surface area contributed by atoms with Gasteiger partial charge in [0.05, 0.1) is 12.5 Å². The lowest BCUT2D eigenvalue weighted by Gasteiger charge is -2.18. The zero-order valence-corrected chi connectivity index (χ0v) is 14.8. The summed E-state index contributed by atoms with van der Waals surface area (Å²) in [5.41, 5.74) is 6.75. The molecule has 0 aliphatic rings. The molecule has 7 heteroatoms. The maximum atomic E-state index is 11.6. The molecule has 128 valence electrons. The first-order chi connectivity index (χ1) is 9.65. The summed E-state index contributed by atoms with van der Waals surface area (Å²) in [5, 5.41) is 2.88. The first-order valence-electron chi connectivity index (χ1n) is 6.87. The monoisotopic (exact) mass is 351 g/mol. The van der Waals surface area contributed by atoms with Crippen molar-refractivity contribution >= 4 is 30.7 Å². The number of nitrogens with two attached hydrogens (primary N) is 1. The van der Waals surface area contributed by atoms with Crippen LogP contribution >= 0.6 is 24.8 Å². The Balaban J connectivity index is 0. The fourth-order valence-electron chi connectivity index (χ4n) is 1.90. The summed E-state index contributed by atoms with van der Waals surface area (Å²) in [6.07, 6.45) is 0.118. The fourth-order valence-corrected chi connectivity index (χ4v) is 1.90. The zero-order valence-electron chi connectivity index (χ0n) is 13.2. The number of hydrogen-bond donors (Lipinski definition) is 2. The highest BCUT2D eigenvalue weighted by molar-refractivity contribution is 5.85. The second-order valence-electron chi connectivity index (χ2n) is 4.87. The maximum absolute atomic E-state index is 11.6. The van der Waals surface area contributed by atoms with Gasteiger partial charge in [0.15, 0.2) is 0 Å². The van der Waals surface area contributed by atoms with Gasteiger partial charge in [0.1, 0.15) is 0 Å². The Morgan fingerprint density at radius 2 is 1.95 bits per heavy atom. The van der Waals surface area contributed by atoms with Crippen molar-refractivity contribution in [2.24, 2.45) is 5.73 Å². The number of ether oxygens (including phenoxy) is 1. The van der Waals surface area contributed by atoms with Crippen LogP contribution in [0.2, 0.25) is 0 Å². The van der Waals surface area contributed by atoms with E-state index in [2.05, 4.69) is 22.3 Å². The molecule has 0 radical (unpaired) electrons. The molecule has 1 aromatic rings. The van der Waals surface area contributed by atoms with Gasteiger partial charge in [-0.15, -0.1) is 24.8 Å². The third kappa shape index (κ3) is 9.97. The summed E-state index contributed by atoms with van der Waals surface area (Å²) in [6, 6.07) is 10.3. The predicted molar refractivity (Wildman–Crippen MR) is 94.8 cm³/mol. The van der Waals surface area contributed by atoms with E-state index in [4.69, 9.17) is 10.5 Å². The predicted octanol–water partition coefficient (Wildman–Crippen LogP) is 1.44. The van der Waals surface area contributed by atoms with Crippen LogP contribution in [0.4, 0.5) is 0 Å². The molecule has 0 saturated heterocycles. The summed E-state index contributed by atoms with van der Waals surface area (Å²) in [5.74, 6) is -0.0181. The summed E-state index contributed by atoms with van der Waals surface area (Å²) in [4.78, 5) is 13.8. The van der Waals surface area contributed by atoms with Crippen molar-refractivity contribution in [1.29, 1.82) is 0 Å². The molecule has 1 atom stereocenters. The minimum absolute atomic E-state index is 0. The second-order valence-corrected chi connectivity index (χ2v) is 4.87. The Hall–Kier alpha value is -0.850. The molecular formula is C15H27Cl2N3O2. The summed E-state index contributed by atoms with van der Waals surface area (Å²) >= 11 is 0. The molecule has 0 aliphatic carbocycles. The lowest BCUT2D eigenvalue weighted by atomic mass is 10.2. The molecule has 1 aromatic carbocycles. The van der Waals surface area contributed by atoms with Crippen molar-refractivity contribution in [2.45, 2.75) is 19.1 Å². The number of amides is 1. The van der Waals surface area contributed by atoms with Crippen molar-refractivity contribution in [3.05, 3.63) is 35.9 Å². The van der Waals surface area contributed by atoms with Gasteiger partial charge in [-0.25, -0.2) is 0 Å². The molecule has 0 saturated carbocycles. The minimum atomic E-state index is -0.197. The Morgan fingerprint density at radius 1 is 1.32 bits per heavy atom. The van der Waals surface area contributed by atoms with E-state index >= 15 is 0 Å². The number of halogens is 2. The largest absolute Gasteiger partial charge is 0.380 e. The molecule has 0 heterocycles. The van der Waals surface area contributed by atoms with Crippen LogP contribution < -0.4 is 11.1 Å². The standard InChI is InChI=1S/C15H25N3O2.2ClH/c1-18(12-13-6-4-3-5-7-13)9-8-17-15(19)10-14(11-16)20-2;;/h3-7,14H,8-12,16H2,1-2H3,(H,17,19);2*1H. The van der Waals surface area contributed by atoms with Gasteiger partial charge in [-0.05, 0) is 12.6 Å². The number of methoxy groups -OCH3 is 1. The van der Waals surface area contributed by atoms with E-state index in [1.165, 1.54) is 5.56 Å². The van der Waals surface area contributed by atoms with E-state index in [0.29, 0.717) is 19.5 Å². The van der Waals surface area contributed by atoms with Crippen molar-refractivity contribution in [2.75, 3.05) is 33.8 Å². The van der Waals surface area contributed by atoms with E-state index in [1.54, 1.807) is 7.11 Å². The lowest BCUT2D eigenvalue weighted by molar-refractivity contribution is -0.123. The van der Waals surface area contributed by atoms with Crippen LogP contribution in [0.5, 0.6) is 0 Å². The zero-order chi connectivity index (χ0) is 14.8. The molecule has 22 heavy (non-hydrogen) atoms. The van der Waals surface area contributed by atoms with Crippen molar-refractivity contribution in [3.63, 3.8) is 0 Å². The Bertz CT molecular complexity index is 390. The average molecular weight is 352 g/mol. The third-order valence-corrected chi connectivity index (χ3v) is 3.12. The highest BCUT2D eigenvalue weighted by Crippen LogP contribution is 2.01. The number of nitrogens with one attached hydrogen (secondary N) is 1. The molecule has 0 aromatic heterocycles. The van der Waals surface area contributed by atoms with Crippen molar-refractivity contribution in [3.8, 4) is 0 Å². The Labute approximate surface area is 145 Å². The second kappa shape index (κ2) is 13.8. The smallest absolute Gasteiger partial charge is 0.222 e. The van der Waals surface area contributed by atoms with Crippen LogP contribution in [0.15, 0.2) is 30.3 Å². The number of nitrogens with zero attached hydrogens (tertiary/aromatic N) is 1. The normalized spacial score (nSPS) is 11.3. The van der Waals surface area contributed by atoms with Crippen molar-refractivity contribution < 1.29 is 9.53 Å². The molecular weight excluding hydrogens is 325 g/mol. The van der Waals surface area contributed by atoms with E-state index < -0.39 is 0 Å². The summed E-state index contributed by atoms with van der Waals surface area (Å²) in [6.45, 7) is 2.67. The molecule has 0 bridgehead atoms. The summed E-state index contributed by atoms with van der Waals surface area (Å²) in [7, 11) is 3.61. The number of carbonyl (C=O) groups excluding carboxylic acids is 1. The molecule has 3 N–H and O–H groups in total. The van der Waals surface area contributed by atoms with Crippen molar-refractivity contribution in [1.82, 2.24) is 10.2 Å². The van der Waals surface area contributed by atoms with Gasteiger partial charge < -0.3 is 20.7 Å². The van der Waals surface area contributed by atoms with Crippen LogP contribution in [0, 0.1) is 0 Å². The molecule has 0 fully saturated rings. The summed E-state index contributed by atoms with van der Waals surface area (Å²) < 4.78 is 5.08. The Morgan fingerprint density at radius 3 is 2.50 bits per heavy atom. The number of carbonyl (C=O) groups is 1. The fraction of sp³-hybridized carbons (Fsp3) is 0.533. The van der Waals surface area contributed by atoms with Crippen LogP contribution in [0.1, 0.15) is 12.0 Å². The van der Waals surface area contributed by atoms with Gasteiger partial charge >= 0.3 is 0 Å². The number of rotatable bonds is 9. The molecule has 0 aliphatic heterocycles. The number of likely N-dealkylation sites (N-methyl/N-ethyl adjacent to an activating group) is 1. The molecule has 5 nitrogen and oxygen atoms in total. The SMILES string of the molecule is COC(CN)CC(=O)NCCN(C)Cc1ccccc1.Cl.Cl. The van der Waals surface area contributed by atoms with Gasteiger partial charge in [0.2, 0.25) is 5.91 Å². The van der Waals surface area contributed by atoms with Crippen LogP contribution in [0.25, 0.3) is 0 Å². The molecule has 1 amide bonds. The highest BCUT2D eigenvalue weighted by Gasteiger charge is 2.10. The minimum Gasteiger partial charge on any atom is -0.380 e. The van der Waals surface area contributed by atoms with E-state index in [1.807, 2.05) is 25.2 Å². The van der Waals surface area contributed by atoms with E-state index in [-0.39, 0.29) is 36.8 Å². The maximum Gasteiger partial charge on any atom is 0.222 e. The molecule has 1 rings (SSSR count). The topological polar surface area (TPSA) is 67.6 Å². The quantitative estimate of drug-likeness (QED) is 0.706. The Kier molecular flexibility index (Phi) is 14.7. The van der Waals surface area contributed by atoms with E-state index in [9.17, 15) is 4.79 Å². The van der Waals surface area contributed by atoms with Gasteiger partial charge in [-0.3, -0.25) is 4.79 Å². The van der Waals surface area contributed by atoms with Gasteiger partial charge in [0.25, 0.3) is 0 Å². The van der Waals surface area contributed by atoms with Gasteiger partial charge in [-0.1, -0.05) is 30.3 Å². The number of benzene rings is 1. The first-order valence-corrected chi connectivity index (χ1v) is 6.87. The molecule has 0 spiro atoms. The average Bonchev–Trinajstić information content (AvgIpc) is 2.45. The number of hydrogen-bond acceptors (Lipinski definition) is 4. The third-order valence-electron chi connectivity index (χ3n) is 3.12. The first kappa shape index (κ1) is 23.4. The molecule has 1 unspecified atom stereocenters. The van der Waals surface area contributed by atoms with Crippen LogP contribution in [0.3, 0.4) is 0 Å². The van der Waals surface area contributed by atoms with Gasteiger partial charge in [0, 0.05) is 33.3 Å². The van der Waals surface area contributed by atoms with Crippen LogP contribution in [-0.2, 0) is 16.1 Å². The van der Waals surface area contributed by atoms with Gasteiger partial charge in [-0.2, -0.15) is 0 Å².